The Labute approximate surface area is 94.0 Å². The molecule has 0 aliphatic heterocycles. The van der Waals surface area contributed by atoms with Gasteiger partial charge >= 0.3 is 0 Å². The van der Waals surface area contributed by atoms with Crippen LogP contribution in [0.3, 0.4) is 0 Å². The van der Waals surface area contributed by atoms with Crippen molar-refractivity contribution in [2.75, 3.05) is 5.75 Å². The molecule has 1 heterocycles. The standard InChI is InChI=1S/C10H17N3OS/c1-2-6-15-7-8-12-9(13-14-8)10(11)4-3-5-10/h2-7,11H2,1H3. The fourth-order valence-electron chi connectivity index (χ4n) is 1.60. The van der Waals surface area contributed by atoms with Crippen LogP contribution in [0.4, 0.5) is 0 Å². The SMILES string of the molecule is CCCSCc1nc(C2(N)CCC2)no1. The Hall–Kier alpha value is -0.550. The summed E-state index contributed by atoms with van der Waals surface area (Å²) < 4.78 is 5.17. The van der Waals surface area contributed by atoms with Gasteiger partial charge < -0.3 is 10.3 Å². The van der Waals surface area contributed by atoms with Crippen LogP contribution in [0, 0.1) is 0 Å². The summed E-state index contributed by atoms with van der Waals surface area (Å²) in [5, 5.41) is 3.96. The second-order valence-electron chi connectivity index (χ2n) is 4.07. The van der Waals surface area contributed by atoms with Crippen LogP contribution < -0.4 is 5.73 Å². The first kappa shape index (κ1) is 11.0. The van der Waals surface area contributed by atoms with Crippen molar-refractivity contribution in [2.24, 2.45) is 5.73 Å². The van der Waals surface area contributed by atoms with Crippen molar-refractivity contribution in [1.82, 2.24) is 10.1 Å². The van der Waals surface area contributed by atoms with E-state index < -0.39 is 0 Å². The summed E-state index contributed by atoms with van der Waals surface area (Å²) in [6, 6.07) is 0. The van der Waals surface area contributed by atoms with E-state index >= 15 is 0 Å². The largest absolute Gasteiger partial charge is 0.338 e. The van der Waals surface area contributed by atoms with E-state index in [1.165, 1.54) is 12.8 Å². The Morgan fingerprint density at radius 1 is 1.53 bits per heavy atom. The van der Waals surface area contributed by atoms with E-state index in [0.717, 1.165) is 24.3 Å². The molecule has 0 unspecified atom stereocenters. The molecule has 2 rings (SSSR count). The minimum Gasteiger partial charge on any atom is -0.338 e. The fourth-order valence-corrected chi connectivity index (χ4v) is 2.33. The molecular weight excluding hydrogens is 210 g/mol. The van der Waals surface area contributed by atoms with Crippen LogP contribution in [0.5, 0.6) is 0 Å². The number of hydrogen-bond donors (Lipinski definition) is 1. The zero-order valence-corrected chi connectivity index (χ0v) is 9.85. The molecule has 0 amide bonds. The topological polar surface area (TPSA) is 64.9 Å². The lowest BCUT2D eigenvalue weighted by Gasteiger charge is -2.34. The van der Waals surface area contributed by atoms with Gasteiger partial charge in [-0.2, -0.15) is 16.7 Å². The van der Waals surface area contributed by atoms with Crippen LogP contribution in [0.25, 0.3) is 0 Å². The lowest BCUT2D eigenvalue weighted by Crippen LogP contribution is -2.44. The molecule has 84 valence electrons. The maximum atomic E-state index is 6.10. The Kier molecular flexibility index (Phi) is 3.31. The molecule has 0 atom stereocenters. The van der Waals surface area contributed by atoms with Gasteiger partial charge in [-0.25, -0.2) is 0 Å². The van der Waals surface area contributed by atoms with Crippen molar-refractivity contribution >= 4 is 11.8 Å². The fraction of sp³-hybridized carbons (Fsp3) is 0.800. The van der Waals surface area contributed by atoms with Crippen LogP contribution in [0.1, 0.15) is 44.3 Å². The summed E-state index contributed by atoms with van der Waals surface area (Å²) in [7, 11) is 0. The molecule has 1 fully saturated rings. The number of nitrogens with two attached hydrogens (primary N) is 1. The third kappa shape index (κ3) is 2.34. The quantitative estimate of drug-likeness (QED) is 0.780. The van der Waals surface area contributed by atoms with Crippen molar-refractivity contribution in [3.63, 3.8) is 0 Å². The molecule has 0 saturated heterocycles. The van der Waals surface area contributed by atoms with Crippen molar-refractivity contribution < 1.29 is 4.52 Å². The van der Waals surface area contributed by atoms with Gasteiger partial charge in [-0.1, -0.05) is 12.1 Å². The Balaban J connectivity index is 1.92. The monoisotopic (exact) mass is 227 g/mol. The molecular formula is C10H17N3OS. The van der Waals surface area contributed by atoms with Crippen molar-refractivity contribution in [2.45, 2.75) is 43.9 Å². The number of thioether (sulfide) groups is 1. The minimum absolute atomic E-state index is 0.294. The normalized spacial score (nSPS) is 18.8. The van der Waals surface area contributed by atoms with E-state index in [0.29, 0.717) is 11.7 Å². The molecule has 0 spiro atoms. The van der Waals surface area contributed by atoms with Crippen LogP contribution in [-0.2, 0) is 11.3 Å². The van der Waals surface area contributed by atoms with E-state index in [1.807, 2.05) is 11.8 Å². The smallest absolute Gasteiger partial charge is 0.236 e. The summed E-state index contributed by atoms with van der Waals surface area (Å²) in [5.74, 6) is 3.34. The van der Waals surface area contributed by atoms with E-state index in [1.54, 1.807) is 0 Å². The minimum atomic E-state index is -0.294. The molecule has 1 aliphatic carbocycles. The highest BCUT2D eigenvalue weighted by molar-refractivity contribution is 7.98. The van der Waals surface area contributed by atoms with Crippen molar-refractivity contribution in [1.29, 1.82) is 0 Å². The molecule has 5 heteroatoms. The van der Waals surface area contributed by atoms with Gasteiger partial charge in [0.1, 0.15) is 0 Å². The van der Waals surface area contributed by atoms with E-state index in [2.05, 4.69) is 17.1 Å². The van der Waals surface area contributed by atoms with E-state index in [-0.39, 0.29) is 5.54 Å². The molecule has 1 saturated carbocycles. The predicted octanol–water partition coefficient (Wildman–Crippen LogP) is 2.05. The third-order valence-electron chi connectivity index (χ3n) is 2.73. The maximum absolute atomic E-state index is 6.10. The Morgan fingerprint density at radius 3 is 2.93 bits per heavy atom. The first-order valence-corrected chi connectivity index (χ1v) is 6.60. The van der Waals surface area contributed by atoms with Crippen LogP contribution >= 0.6 is 11.8 Å². The summed E-state index contributed by atoms with van der Waals surface area (Å²) in [6.07, 6.45) is 4.31. The molecule has 4 nitrogen and oxygen atoms in total. The Bertz CT molecular complexity index is 322. The first-order valence-electron chi connectivity index (χ1n) is 5.44. The molecule has 1 aliphatic rings. The number of hydrogen-bond acceptors (Lipinski definition) is 5. The second-order valence-corrected chi connectivity index (χ2v) is 5.18. The van der Waals surface area contributed by atoms with Crippen LogP contribution in [0.15, 0.2) is 4.52 Å². The molecule has 2 N–H and O–H groups in total. The number of rotatable bonds is 5. The summed E-state index contributed by atoms with van der Waals surface area (Å²) in [4.78, 5) is 4.35. The van der Waals surface area contributed by atoms with Gasteiger partial charge in [-0.05, 0) is 31.4 Å². The average molecular weight is 227 g/mol. The molecule has 15 heavy (non-hydrogen) atoms. The van der Waals surface area contributed by atoms with E-state index in [4.69, 9.17) is 10.3 Å². The zero-order chi connectivity index (χ0) is 10.7. The van der Waals surface area contributed by atoms with Gasteiger partial charge in [-0.3, -0.25) is 0 Å². The number of nitrogens with zero attached hydrogens (tertiary/aromatic N) is 2. The molecule has 0 bridgehead atoms. The van der Waals surface area contributed by atoms with Crippen molar-refractivity contribution in [3.8, 4) is 0 Å². The van der Waals surface area contributed by atoms with Crippen molar-refractivity contribution in [3.05, 3.63) is 11.7 Å². The molecule has 1 aromatic heterocycles. The van der Waals surface area contributed by atoms with Gasteiger partial charge in [0.2, 0.25) is 5.89 Å². The highest BCUT2D eigenvalue weighted by atomic mass is 32.2. The predicted molar refractivity (Wildman–Crippen MR) is 60.5 cm³/mol. The zero-order valence-electron chi connectivity index (χ0n) is 9.03. The summed E-state index contributed by atoms with van der Waals surface area (Å²) in [6.45, 7) is 2.16. The van der Waals surface area contributed by atoms with Gasteiger partial charge in [0.05, 0.1) is 11.3 Å². The molecule has 1 aromatic rings. The third-order valence-corrected chi connectivity index (χ3v) is 3.88. The lowest BCUT2D eigenvalue weighted by atomic mass is 9.77. The summed E-state index contributed by atoms with van der Waals surface area (Å²) in [5.41, 5.74) is 5.81. The van der Waals surface area contributed by atoms with Gasteiger partial charge in [-0.15, -0.1) is 0 Å². The van der Waals surface area contributed by atoms with E-state index in [9.17, 15) is 0 Å². The highest BCUT2D eigenvalue weighted by Gasteiger charge is 2.38. The molecule has 0 radical (unpaired) electrons. The first-order chi connectivity index (χ1) is 7.24. The van der Waals surface area contributed by atoms with Crippen LogP contribution in [0.2, 0.25) is 0 Å². The second kappa shape index (κ2) is 4.53. The maximum Gasteiger partial charge on any atom is 0.236 e. The lowest BCUT2D eigenvalue weighted by molar-refractivity contribution is 0.229. The van der Waals surface area contributed by atoms with Crippen LogP contribution in [-0.4, -0.2) is 15.9 Å². The summed E-state index contributed by atoms with van der Waals surface area (Å²) >= 11 is 1.82. The van der Waals surface area contributed by atoms with Gasteiger partial charge in [0, 0.05) is 0 Å². The molecule has 0 aromatic carbocycles. The average Bonchev–Trinajstić information content (AvgIpc) is 2.64. The Morgan fingerprint density at radius 2 is 2.33 bits per heavy atom. The van der Waals surface area contributed by atoms with Gasteiger partial charge in [0.15, 0.2) is 5.82 Å². The highest BCUT2D eigenvalue weighted by Crippen LogP contribution is 2.36. The van der Waals surface area contributed by atoms with Gasteiger partial charge in [0.25, 0.3) is 0 Å². The number of aromatic nitrogens is 2.